The molecule has 1 heterocycles. The van der Waals surface area contributed by atoms with Crippen LogP contribution < -0.4 is 0 Å². The molecular weight excluding hydrogens is 447 g/mol. The van der Waals surface area contributed by atoms with Crippen molar-refractivity contribution in [3.05, 3.63) is 40.6 Å². The number of carbonyl (C=O) groups excluding carboxylic acids is 1. The summed E-state index contributed by atoms with van der Waals surface area (Å²) in [7, 11) is 1.23. The molecule has 0 radical (unpaired) electrons. The number of esters is 1. The Bertz CT molecular complexity index is 855. The predicted octanol–water partition coefficient (Wildman–Crippen LogP) is 5.45. The van der Waals surface area contributed by atoms with E-state index in [4.69, 9.17) is 28.3 Å². The molecule has 0 aliphatic carbocycles. The van der Waals surface area contributed by atoms with E-state index >= 15 is 0 Å². The maximum Gasteiger partial charge on any atom is 0.458 e. The molecule has 2 rings (SSSR count). The van der Waals surface area contributed by atoms with Gasteiger partial charge in [-0.05, 0) is 97.3 Å². The van der Waals surface area contributed by atoms with Crippen LogP contribution in [0.25, 0.3) is 6.08 Å². The zero-order valence-electron chi connectivity index (χ0n) is 23.0. The summed E-state index contributed by atoms with van der Waals surface area (Å²) in [6, 6.07) is 4.04. The Morgan fingerprint density at radius 3 is 2.26 bits per heavy atom. The molecule has 35 heavy (non-hydrogen) atoms. The zero-order valence-corrected chi connectivity index (χ0v) is 23.0. The summed E-state index contributed by atoms with van der Waals surface area (Å²) < 4.78 is 34.1. The number of aryl methyl sites for hydroxylation is 1. The normalized spacial score (nSPS) is 17.2. The molecule has 0 saturated carbocycles. The molecule has 0 amide bonds. The molecule has 0 bridgehead atoms. The molecule has 1 saturated heterocycles. The molecule has 0 atom stereocenters. The first kappa shape index (κ1) is 29.4. The minimum atomic E-state index is -0.624. The number of ether oxygens (including phenoxy) is 4. The maximum absolute atomic E-state index is 13.4. The van der Waals surface area contributed by atoms with Gasteiger partial charge < -0.3 is 28.3 Å². The standard InChI is InChI=1S/C27H43BO7/c1-10-31-17-14-21-12-11-20(13-16-28-34-26(5,6)27(7,8)35-28)22(15-18-32-19-30-9)23(21)24(29)33-25(2,3)4/h11-12,15,18H,10,13-14,16-17,19H2,1-9H3. The van der Waals surface area contributed by atoms with Crippen molar-refractivity contribution in [3.63, 3.8) is 0 Å². The van der Waals surface area contributed by atoms with Crippen LogP contribution in [0.5, 0.6) is 0 Å². The lowest BCUT2D eigenvalue weighted by molar-refractivity contribution is 0.00578. The van der Waals surface area contributed by atoms with Crippen molar-refractivity contribution < 1.29 is 33.1 Å². The first-order valence-corrected chi connectivity index (χ1v) is 12.4. The maximum atomic E-state index is 13.4. The van der Waals surface area contributed by atoms with Crippen LogP contribution in [0.1, 0.15) is 82.4 Å². The molecule has 7 nitrogen and oxygen atoms in total. The summed E-state index contributed by atoms with van der Waals surface area (Å²) in [5.41, 5.74) is 1.75. The van der Waals surface area contributed by atoms with Crippen molar-refractivity contribution in [2.24, 2.45) is 0 Å². The summed E-state index contributed by atoms with van der Waals surface area (Å²) in [5.74, 6) is -0.368. The molecule has 1 fully saturated rings. The smallest absolute Gasteiger partial charge is 0.458 e. The van der Waals surface area contributed by atoms with Gasteiger partial charge in [0, 0.05) is 13.7 Å². The molecule has 196 valence electrons. The Kier molecular flexibility index (Phi) is 10.4. The lowest BCUT2D eigenvalue weighted by Gasteiger charge is -2.32. The Labute approximate surface area is 211 Å². The average Bonchev–Trinajstić information content (AvgIpc) is 2.95. The highest BCUT2D eigenvalue weighted by Crippen LogP contribution is 2.38. The van der Waals surface area contributed by atoms with Crippen molar-refractivity contribution in [2.45, 2.75) is 91.4 Å². The fraction of sp³-hybridized carbons (Fsp3) is 0.667. The highest BCUT2D eigenvalue weighted by Gasteiger charge is 2.50. The van der Waals surface area contributed by atoms with Crippen LogP contribution in [-0.4, -0.2) is 57.0 Å². The van der Waals surface area contributed by atoms with Crippen LogP contribution in [-0.2, 0) is 41.1 Å². The van der Waals surface area contributed by atoms with Crippen molar-refractivity contribution in [3.8, 4) is 0 Å². The number of hydrogen-bond donors (Lipinski definition) is 0. The minimum absolute atomic E-state index is 0.117. The second-order valence-corrected chi connectivity index (χ2v) is 10.7. The highest BCUT2D eigenvalue weighted by atomic mass is 16.7. The largest absolute Gasteiger partial charge is 0.475 e. The van der Waals surface area contributed by atoms with Gasteiger partial charge in [0.15, 0.2) is 6.79 Å². The van der Waals surface area contributed by atoms with Gasteiger partial charge in [-0.25, -0.2) is 4.79 Å². The van der Waals surface area contributed by atoms with E-state index in [1.165, 1.54) is 0 Å². The number of carbonyl (C=O) groups is 1. The molecule has 0 spiro atoms. The lowest BCUT2D eigenvalue weighted by Crippen LogP contribution is -2.41. The average molecular weight is 490 g/mol. The quantitative estimate of drug-likeness (QED) is 0.127. The van der Waals surface area contributed by atoms with E-state index in [0.717, 1.165) is 16.7 Å². The van der Waals surface area contributed by atoms with Gasteiger partial charge in [0.25, 0.3) is 0 Å². The predicted molar refractivity (Wildman–Crippen MR) is 138 cm³/mol. The summed E-state index contributed by atoms with van der Waals surface area (Å²) in [6.07, 6.45) is 5.26. The third-order valence-corrected chi connectivity index (χ3v) is 6.21. The Hall–Kier alpha value is -1.87. The molecule has 1 aliphatic rings. The minimum Gasteiger partial charge on any atom is -0.475 e. The molecule has 0 aromatic heterocycles. The lowest BCUT2D eigenvalue weighted by atomic mass is 9.80. The van der Waals surface area contributed by atoms with E-state index in [1.807, 2.05) is 67.5 Å². The Balaban J connectivity index is 2.42. The van der Waals surface area contributed by atoms with E-state index < -0.39 is 5.60 Å². The van der Waals surface area contributed by atoms with E-state index in [0.29, 0.717) is 37.9 Å². The number of rotatable bonds is 12. The van der Waals surface area contributed by atoms with Crippen LogP contribution in [0.2, 0.25) is 6.32 Å². The van der Waals surface area contributed by atoms with Crippen LogP contribution >= 0.6 is 0 Å². The van der Waals surface area contributed by atoms with Crippen LogP contribution in [0.3, 0.4) is 0 Å². The molecule has 1 aromatic rings. The van der Waals surface area contributed by atoms with Gasteiger partial charge >= 0.3 is 13.1 Å². The molecule has 0 N–H and O–H groups in total. The van der Waals surface area contributed by atoms with Crippen molar-refractivity contribution in [1.29, 1.82) is 0 Å². The van der Waals surface area contributed by atoms with Crippen molar-refractivity contribution in [2.75, 3.05) is 27.1 Å². The van der Waals surface area contributed by atoms with E-state index in [9.17, 15) is 4.79 Å². The van der Waals surface area contributed by atoms with E-state index in [-0.39, 0.29) is 31.1 Å². The number of benzene rings is 1. The van der Waals surface area contributed by atoms with Crippen LogP contribution in [0, 0.1) is 0 Å². The van der Waals surface area contributed by atoms with E-state index in [2.05, 4.69) is 6.07 Å². The second kappa shape index (κ2) is 12.4. The second-order valence-electron chi connectivity index (χ2n) is 10.7. The molecular formula is C27H43BO7. The third-order valence-electron chi connectivity index (χ3n) is 6.21. The van der Waals surface area contributed by atoms with Gasteiger partial charge in [-0.2, -0.15) is 0 Å². The van der Waals surface area contributed by atoms with Gasteiger partial charge in [-0.3, -0.25) is 0 Å². The Morgan fingerprint density at radius 1 is 1.06 bits per heavy atom. The summed E-state index contributed by atoms with van der Waals surface area (Å²) >= 11 is 0. The van der Waals surface area contributed by atoms with Gasteiger partial charge in [-0.1, -0.05) is 12.1 Å². The number of methoxy groups -OCH3 is 1. The monoisotopic (exact) mass is 490 g/mol. The topological polar surface area (TPSA) is 72.5 Å². The molecule has 8 heteroatoms. The Morgan fingerprint density at radius 2 is 1.69 bits per heavy atom. The fourth-order valence-corrected chi connectivity index (χ4v) is 3.80. The third kappa shape index (κ3) is 8.35. The van der Waals surface area contributed by atoms with Crippen LogP contribution in [0.15, 0.2) is 18.4 Å². The first-order valence-electron chi connectivity index (χ1n) is 12.4. The molecule has 1 aromatic carbocycles. The SMILES string of the molecule is CCOCCc1ccc(CCB2OC(C)(C)C(C)(C)O2)c(C=COCOC)c1C(=O)OC(C)(C)C. The highest BCUT2D eigenvalue weighted by molar-refractivity contribution is 6.45. The van der Waals surface area contributed by atoms with Gasteiger partial charge in [0.2, 0.25) is 0 Å². The van der Waals surface area contributed by atoms with Gasteiger partial charge in [0.05, 0.1) is 29.6 Å². The van der Waals surface area contributed by atoms with Crippen molar-refractivity contribution in [1.82, 2.24) is 0 Å². The van der Waals surface area contributed by atoms with Gasteiger partial charge in [-0.15, -0.1) is 0 Å². The fourth-order valence-electron chi connectivity index (χ4n) is 3.80. The molecule has 1 aliphatic heterocycles. The summed E-state index contributed by atoms with van der Waals surface area (Å²) in [5, 5.41) is 0. The summed E-state index contributed by atoms with van der Waals surface area (Å²) in [6.45, 7) is 17.0. The van der Waals surface area contributed by atoms with Crippen molar-refractivity contribution >= 4 is 19.2 Å². The number of hydrogen-bond acceptors (Lipinski definition) is 7. The van der Waals surface area contributed by atoms with E-state index in [1.54, 1.807) is 13.4 Å². The first-order chi connectivity index (χ1) is 16.3. The zero-order chi connectivity index (χ0) is 26.3. The van der Waals surface area contributed by atoms with Crippen LogP contribution in [0.4, 0.5) is 0 Å². The summed E-state index contributed by atoms with van der Waals surface area (Å²) in [4.78, 5) is 13.4. The van der Waals surface area contributed by atoms with Gasteiger partial charge in [0.1, 0.15) is 5.60 Å². The molecule has 0 unspecified atom stereocenters.